The van der Waals surface area contributed by atoms with Crippen LogP contribution in [0.25, 0.3) is 11.1 Å². The van der Waals surface area contributed by atoms with Crippen LogP contribution in [0.3, 0.4) is 0 Å². The predicted molar refractivity (Wildman–Crippen MR) is 89.3 cm³/mol. The fourth-order valence-corrected chi connectivity index (χ4v) is 2.87. The van der Waals surface area contributed by atoms with Crippen molar-refractivity contribution in [2.75, 3.05) is 0 Å². The van der Waals surface area contributed by atoms with Gasteiger partial charge in [0.1, 0.15) is 11.3 Å². The number of aryl methyl sites for hydroxylation is 1. The Morgan fingerprint density at radius 1 is 1.12 bits per heavy atom. The molecule has 0 spiro atoms. The second-order valence-electron chi connectivity index (χ2n) is 4.79. The molecule has 0 unspecified atom stereocenters. The maximum atomic E-state index is 12.2. The minimum absolute atomic E-state index is 0. The number of oxazole rings is 1. The first-order chi connectivity index (χ1) is 11.1. The normalized spacial score (nSPS) is 10.8. The van der Waals surface area contributed by atoms with Gasteiger partial charge in [-0.05, 0) is 36.2 Å². The Morgan fingerprint density at radius 3 is 2.50 bits per heavy atom. The number of para-hydroxylation sites is 2. The zero-order valence-corrected chi connectivity index (χ0v) is 12.8. The Kier molecular flexibility index (Phi) is 6.02. The second-order valence-corrected chi connectivity index (χ2v) is 6.21. The monoisotopic (exact) mass is 352 g/mol. The van der Waals surface area contributed by atoms with Crippen LogP contribution in [0, 0.1) is 11.3 Å². The van der Waals surface area contributed by atoms with Crippen molar-refractivity contribution >= 4 is 50.8 Å². The van der Waals surface area contributed by atoms with E-state index < -0.39 is 15.3 Å². The molecule has 0 fully saturated rings. The van der Waals surface area contributed by atoms with Crippen molar-refractivity contribution in [2.24, 2.45) is 0 Å². The van der Waals surface area contributed by atoms with Crippen molar-refractivity contribution in [3.8, 4) is 11.8 Å². The zero-order valence-electron chi connectivity index (χ0n) is 12.0. The molecule has 0 atom stereocenters. The molecule has 0 bridgehead atoms. The molecule has 6 nitrogen and oxygen atoms in total. The summed E-state index contributed by atoms with van der Waals surface area (Å²) in [7, 11) is -4.14. The summed E-state index contributed by atoms with van der Waals surface area (Å²) >= 11 is 0. The van der Waals surface area contributed by atoms with E-state index in [4.69, 9.17) is 13.9 Å². The standard InChI is InChI=1S/C16H12N2O4S.Na.H/c17-11-3-4-12-7-9-13(10-8-12)22-23(19,20)16-18-14-5-1-2-6-15(14)21-16;;/h1-2,5-10H,3-4H2;;. The van der Waals surface area contributed by atoms with Crippen LogP contribution in [0.5, 0.6) is 5.75 Å². The molecule has 118 valence electrons. The first kappa shape index (κ1) is 18.5. The van der Waals surface area contributed by atoms with Gasteiger partial charge in [-0.1, -0.05) is 24.3 Å². The van der Waals surface area contributed by atoms with Crippen molar-refractivity contribution in [1.29, 1.82) is 5.26 Å². The molecule has 0 aliphatic heterocycles. The van der Waals surface area contributed by atoms with Crippen LogP contribution < -0.4 is 4.18 Å². The molecular formula is C16H13N2NaO4S. The summed E-state index contributed by atoms with van der Waals surface area (Å²) in [5, 5.41) is 8.07. The molecule has 3 rings (SSSR count). The quantitative estimate of drug-likeness (QED) is 0.517. The van der Waals surface area contributed by atoms with Gasteiger partial charge in [0, 0.05) is 6.42 Å². The summed E-state index contributed by atoms with van der Waals surface area (Å²) in [5.74, 6) is 0.160. The van der Waals surface area contributed by atoms with Gasteiger partial charge in [-0.25, -0.2) is 0 Å². The van der Waals surface area contributed by atoms with Crippen molar-refractivity contribution in [3.63, 3.8) is 0 Å². The van der Waals surface area contributed by atoms with E-state index >= 15 is 0 Å². The molecule has 0 amide bonds. The number of rotatable bonds is 5. The molecule has 3 aromatic rings. The van der Waals surface area contributed by atoms with E-state index in [0.717, 1.165) is 5.56 Å². The van der Waals surface area contributed by atoms with Crippen molar-refractivity contribution in [1.82, 2.24) is 4.98 Å². The molecule has 24 heavy (non-hydrogen) atoms. The summed E-state index contributed by atoms with van der Waals surface area (Å²) in [6, 6.07) is 15.3. The van der Waals surface area contributed by atoms with Crippen molar-refractivity contribution in [2.45, 2.75) is 18.1 Å². The van der Waals surface area contributed by atoms with E-state index in [9.17, 15) is 8.42 Å². The minimum atomic E-state index is -4.14. The van der Waals surface area contributed by atoms with E-state index in [2.05, 4.69) is 11.1 Å². The Morgan fingerprint density at radius 2 is 1.83 bits per heavy atom. The number of nitrogens with zero attached hydrogens (tertiary/aromatic N) is 2. The summed E-state index contributed by atoms with van der Waals surface area (Å²) in [6.07, 6.45) is 1.01. The Hall–Kier alpha value is -1.85. The average molecular weight is 352 g/mol. The van der Waals surface area contributed by atoms with Crippen LogP contribution >= 0.6 is 0 Å². The Labute approximate surface area is 161 Å². The van der Waals surface area contributed by atoms with Gasteiger partial charge in [0.05, 0.1) is 6.07 Å². The van der Waals surface area contributed by atoms with Crippen LogP contribution in [-0.4, -0.2) is 43.0 Å². The predicted octanol–water partition coefficient (Wildman–Crippen LogP) is 2.40. The molecule has 0 radical (unpaired) electrons. The first-order valence-electron chi connectivity index (χ1n) is 6.84. The van der Waals surface area contributed by atoms with E-state index in [-0.39, 0.29) is 35.3 Å². The summed E-state index contributed by atoms with van der Waals surface area (Å²) in [6.45, 7) is 0. The third kappa shape index (κ3) is 4.16. The van der Waals surface area contributed by atoms with Crippen molar-refractivity contribution < 1.29 is 17.0 Å². The summed E-state index contributed by atoms with van der Waals surface area (Å²) in [4.78, 5) is 3.92. The van der Waals surface area contributed by atoms with Crippen LogP contribution in [0.2, 0.25) is 0 Å². The number of nitriles is 1. The molecule has 2 aromatic carbocycles. The SMILES string of the molecule is N#CCCc1ccc(OS(=O)(=O)c2nc3ccccc3o2)cc1.[NaH]. The molecule has 0 aliphatic carbocycles. The van der Waals surface area contributed by atoms with Gasteiger partial charge in [0.2, 0.25) is 0 Å². The molecule has 0 N–H and O–H groups in total. The number of fused-ring (bicyclic) bond motifs is 1. The fourth-order valence-electron chi connectivity index (χ4n) is 2.03. The number of hydrogen-bond donors (Lipinski definition) is 0. The second kappa shape index (κ2) is 7.81. The van der Waals surface area contributed by atoms with Gasteiger partial charge in [0.25, 0.3) is 0 Å². The molecular weight excluding hydrogens is 339 g/mol. The van der Waals surface area contributed by atoms with Gasteiger partial charge in [0.15, 0.2) is 5.58 Å². The fraction of sp³-hybridized carbons (Fsp3) is 0.125. The average Bonchev–Trinajstić information content (AvgIpc) is 2.99. The Bertz CT molecular complexity index is 942. The molecule has 0 saturated heterocycles. The van der Waals surface area contributed by atoms with Gasteiger partial charge >= 0.3 is 44.9 Å². The molecule has 1 aromatic heterocycles. The van der Waals surface area contributed by atoms with Crippen LogP contribution in [0.4, 0.5) is 0 Å². The van der Waals surface area contributed by atoms with Gasteiger partial charge < -0.3 is 8.60 Å². The Balaban J connectivity index is 0.00000208. The van der Waals surface area contributed by atoms with Gasteiger partial charge in [-0.15, -0.1) is 0 Å². The zero-order chi connectivity index (χ0) is 16.3. The van der Waals surface area contributed by atoms with E-state index in [0.29, 0.717) is 23.9 Å². The van der Waals surface area contributed by atoms with Crippen LogP contribution in [0.15, 0.2) is 58.2 Å². The van der Waals surface area contributed by atoms with Gasteiger partial charge in [-0.2, -0.15) is 18.7 Å². The number of hydrogen-bond acceptors (Lipinski definition) is 6. The molecule has 0 saturated carbocycles. The summed E-state index contributed by atoms with van der Waals surface area (Å²) in [5.41, 5.74) is 1.75. The number of aromatic nitrogens is 1. The topological polar surface area (TPSA) is 93.2 Å². The van der Waals surface area contributed by atoms with Gasteiger partial charge in [-0.3, -0.25) is 0 Å². The molecule has 0 aliphatic rings. The summed E-state index contributed by atoms with van der Waals surface area (Å²) < 4.78 is 34.7. The maximum absolute atomic E-state index is 12.2. The van der Waals surface area contributed by atoms with Crippen LogP contribution in [-0.2, 0) is 16.5 Å². The number of benzene rings is 2. The third-order valence-electron chi connectivity index (χ3n) is 3.14. The molecule has 1 heterocycles. The first-order valence-corrected chi connectivity index (χ1v) is 8.25. The molecule has 8 heteroatoms. The third-order valence-corrected chi connectivity index (χ3v) is 4.16. The van der Waals surface area contributed by atoms with E-state index in [1.54, 1.807) is 36.4 Å². The van der Waals surface area contributed by atoms with Crippen LogP contribution in [0.1, 0.15) is 12.0 Å². The van der Waals surface area contributed by atoms with Crippen molar-refractivity contribution in [3.05, 3.63) is 54.1 Å². The van der Waals surface area contributed by atoms with E-state index in [1.165, 1.54) is 12.1 Å². The van der Waals surface area contributed by atoms with E-state index in [1.807, 2.05) is 0 Å².